The molecule has 0 aliphatic carbocycles. The van der Waals surface area contributed by atoms with Crippen LogP contribution in [0.1, 0.15) is 0 Å². The summed E-state index contributed by atoms with van der Waals surface area (Å²) in [5.41, 5.74) is 7.90. The number of fused-ring (bicyclic) bond motifs is 1. The molecule has 0 radical (unpaired) electrons. The van der Waals surface area contributed by atoms with Gasteiger partial charge in [-0.3, -0.25) is 0 Å². The van der Waals surface area contributed by atoms with E-state index < -0.39 is 0 Å². The maximum Gasteiger partial charge on any atom is 0.201 e. The molecule has 0 saturated carbocycles. The largest absolute Gasteiger partial charge is 0.378 e. The van der Waals surface area contributed by atoms with E-state index in [2.05, 4.69) is 9.88 Å². The highest BCUT2D eigenvalue weighted by Gasteiger charge is 2.06. The highest BCUT2D eigenvalue weighted by molar-refractivity contribution is 5.78. The molecule has 0 fully saturated rings. The fourth-order valence-electron chi connectivity index (χ4n) is 1.83. The minimum Gasteiger partial charge on any atom is -0.378 e. The molecule has 18 heavy (non-hydrogen) atoms. The van der Waals surface area contributed by atoms with Gasteiger partial charge in [-0.1, -0.05) is 12.1 Å². The molecule has 5 heteroatoms. The number of nitrogens with zero attached hydrogens (tertiary/aromatic N) is 3. The highest BCUT2D eigenvalue weighted by atomic mass is 16.5. The van der Waals surface area contributed by atoms with Crippen LogP contribution < -0.4 is 5.73 Å². The average Bonchev–Trinajstić information content (AvgIpc) is 2.65. The third-order valence-corrected chi connectivity index (χ3v) is 2.83. The number of hydrogen-bond acceptors (Lipinski definition) is 4. The van der Waals surface area contributed by atoms with Crippen LogP contribution in [0.4, 0.5) is 5.95 Å². The second-order valence-electron chi connectivity index (χ2n) is 4.53. The molecule has 0 aliphatic heterocycles. The first-order valence-electron chi connectivity index (χ1n) is 6.11. The number of anilines is 1. The molecule has 2 N–H and O–H groups in total. The molecule has 0 bridgehead atoms. The number of rotatable bonds is 6. The predicted octanol–water partition coefficient (Wildman–Crippen LogP) is 1.20. The highest BCUT2D eigenvalue weighted by Crippen LogP contribution is 2.16. The Kier molecular flexibility index (Phi) is 4.17. The molecule has 1 aromatic carbocycles. The van der Waals surface area contributed by atoms with E-state index in [-0.39, 0.29) is 0 Å². The zero-order valence-electron chi connectivity index (χ0n) is 11.0. The van der Waals surface area contributed by atoms with Crippen LogP contribution in [0.5, 0.6) is 0 Å². The van der Waals surface area contributed by atoms with Crippen LogP contribution in [0.3, 0.4) is 0 Å². The maximum absolute atomic E-state index is 5.90. The number of nitrogen functional groups attached to an aromatic ring is 1. The van der Waals surface area contributed by atoms with Gasteiger partial charge in [0.05, 0.1) is 24.2 Å². The third kappa shape index (κ3) is 3.00. The van der Waals surface area contributed by atoms with Crippen LogP contribution in [0, 0.1) is 0 Å². The van der Waals surface area contributed by atoms with Crippen molar-refractivity contribution in [1.29, 1.82) is 0 Å². The minimum absolute atomic E-state index is 0.549. The van der Waals surface area contributed by atoms with Gasteiger partial charge in [0.25, 0.3) is 0 Å². The predicted molar refractivity (Wildman–Crippen MR) is 73.5 cm³/mol. The molecule has 0 amide bonds. The van der Waals surface area contributed by atoms with Gasteiger partial charge in [-0.15, -0.1) is 0 Å². The normalized spacial score (nSPS) is 11.5. The molecule has 0 unspecified atom stereocenters. The number of nitrogens with two attached hydrogens (primary N) is 1. The standard InChI is InChI=1S/C13H20N4O/c1-16(2)7-9-18-10-8-17-12-6-4-3-5-11(12)15-13(17)14/h3-6H,7-10H2,1-2H3,(H2,14,15). The molecule has 0 saturated heterocycles. The summed E-state index contributed by atoms with van der Waals surface area (Å²) in [6.07, 6.45) is 0. The van der Waals surface area contributed by atoms with E-state index >= 15 is 0 Å². The zero-order valence-corrected chi connectivity index (χ0v) is 11.0. The summed E-state index contributed by atoms with van der Waals surface area (Å²) < 4.78 is 7.57. The number of aromatic nitrogens is 2. The summed E-state index contributed by atoms with van der Waals surface area (Å²) in [5.74, 6) is 0.549. The Bertz CT molecular complexity index is 507. The van der Waals surface area contributed by atoms with Gasteiger partial charge in [0.1, 0.15) is 0 Å². The van der Waals surface area contributed by atoms with Gasteiger partial charge < -0.3 is 19.9 Å². The summed E-state index contributed by atoms with van der Waals surface area (Å²) >= 11 is 0. The van der Waals surface area contributed by atoms with Gasteiger partial charge >= 0.3 is 0 Å². The molecule has 0 atom stereocenters. The van der Waals surface area contributed by atoms with Crippen molar-refractivity contribution >= 4 is 17.0 Å². The molecule has 2 aromatic rings. The lowest BCUT2D eigenvalue weighted by Crippen LogP contribution is -2.19. The molecular formula is C13H20N4O. The zero-order chi connectivity index (χ0) is 13.0. The van der Waals surface area contributed by atoms with Crippen LogP contribution in [0.15, 0.2) is 24.3 Å². The van der Waals surface area contributed by atoms with E-state index in [4.69, 9.17) is 10.5 Å². The Labute approximate surface area is 107 Å². The summed E-state index contributed by atoms with van der Waals surface area (Å²) in [6.45, 7) is 3.05. The Morgan fingerprint density at radius 3 is 2.83 bits per heavy atom. The molecule has 2 rings (SSSR count). The first kappa shape index (κ1) is 12.9. The van der Waals surface area contributed by atoms with Crippen molar-refractivity contribution in [1.82, 2.24) is 14.5 Å². The van der Waals surface area contributed by atoms with Gasteiger partial charge in [-0.05, 0) is 26.2 Å². The lowest BCUT2D eigenvalue weighted by atomic mass is 10.3. The molecular weight excluding hydrogens is 228 g/mol. The van der Waals surface area contributed by atoms with Gasteiger partial charge in [-0.25, -0.2) is 4.98 Å². The molecule has 98 valence electrons. The van der Waals surface area contributed by atoms with E-state index in [1.807, 2.05) is 42.9 Å². The van der Waals surface area contributed by atoms with Gasteiger partial charge in [-0.2, -0.15) is 0 Å². The number of hydrogen-bond donors (Lipinski definition) is 1. The fraction of sp³-hybridized carbons (Fsp3) is 0.462. The Hall–Kier alpha value is -1.59. The monoisotopic (exact) mass is 248 g/mol. The second kappa shape index (κ2) is 5.84. The first-order valence-corrected chi connectivity index (χ1v) is 6.11. The van der Waals surface area contributed by atoms with Gasteiger partial charge in [0.2, 0.25) is 5.95 Å². The Balaban J connectivity index is 1.93. The van der Waals surface area contributed by atoms with Crippen molar-refractivity contribution in [3.63, 3.8) is 0 Å². The van der Waals surface area contributed by atoms with E-state index in [1.54, 1.807) is 0 Å². The quantitative estimate of drug-likeness (QED) is 0.780. The number of imidazole rings is 1. The van der Waals surface area contributed by atoms with Gasteiger partial charge in [0.15, 0.2) is 0 Å². The maximum atomic E-state index is 5.90. The van der Waals surface area contributed by atoms with E-state index in [1.165, 1.54) is 0 Å². The molecule has 1 heterocycles. The molecule has 0 spiro atoms. The van der Waals surface area contributed by atoms with Crippen LogP contribution >= 0.6 is 0 Å². The number of para-hydroxylation sites is 2. The van der Waals surface area contributed by atoms with Crippen molar-refractivity contribution in [2.24, 2.45) is 0 Å². The van der Waals surface area contributed by atoms with Crippen LogP contribution in [-0.4, -0.2) is 48.3 Å². The van der Waals surface area contributed by atoms with Crippen LogP contribution in [-0.2, 0) is 11.3 Å². The topological polar surface area (TPSA) is 56.3 Å². The fourth-order valence-corrected chi connectivity index (χ4v) is 1.83. The van der Waals surface area contributed by atoms with Crippen molar-refractivity contribution in [2.75, 3.05) is 39.6 Å². The Morgan fingerprint density at radius 1 is 1.28 bits per heavy atom. The van der Waals surface area contributed by atoms with E-state index in [0.29, 0.717) is 12.6 Å². The minimum atomic E-state index is 0.549. The third-order valence-electron chi connectivity index (χ3n) is 2.83. The lowest BCUT2D eigenvalue weighted by Gasteiger charge is -2.11. The molecule has 1 aromatic heterocycles. The van der Waals surface area contributed by atoms with Gasteiger partial charge in [0, 0.05) is 13.1 Å². The van der Waals surface area contributed by atoms with Crippen molar-refractivity contribution in [3.05, 3.63) is 24.3 Å². The summed E-state index contributed by atoms with van der Waals surface area (Å²) in [5, 5.41) is 0. The summed E-state index contributed by atoms with van der Waals surface area (Å²) in [6, 6.07) is 7.95. The van der Waals surface area contributed by atoms with E-state index in [9.17, 15) is 0 Å². The van der Waals surface area contributed by atoms with Crippen LogP contribution in [0.2, 0.25) is 0 Å². The van der Waals surface area contributed by atoms with E-state index in [0.717, 1.165) is 30.7 Å². The molecule has 5 nitrogen and oxygen atoms in total. The van der Waals surface area contributed by atoms with Crippen LogP contribution in [0.25, 0.3) is 11.0 Å². The number of benzene rings is 1. The lowest BCUT2D eigenvalue weighted by molar-refractivity contribution is 0.112. The first-order chi connectivity index (χ1) is 8.68. The second-order valence-corrected chi connectivity index (χ2v) is 4.53. The Morgan fingerprint density at radius 2 is 2.06 bits per heavy atom. The molecule has 0 aliphatic rings. The van der Waals surface area contributed by atoms with Crippen molar-refractivity contribution in [2.45, 2.75) is 6.54 Å². The van der Waals surface area contributed by atoms with Crippen molar-refractivity contribution < 1.29 is 4.74 Å². The summed E-state index contributed by atoms with van der Waals surface area (Å²) in [4.78, 5) is 6.42. The number of ether oxygens (including phenoxy) is 1. The summed E-state index contributed by atoms with van der Waals surface area (Å²) in [7, 11) is 4.06. The van der Waals surface area contributed by atoms with Crippen molar-refractivity contribution in [3.8, 4) is 0 Å². The number of likely N-dealkylation sites (N-methyl/N-ethyl adjacent to an activating group) is 1. The SMILES string of the molecule is CN(C)CCOCCn1c(N)nc2ccccc21. The smallest absolute Gasteiger partial charge is 0.201 e. The average molecular weight is 248 g/mol.